The molecule has 0 spiro atoms. The van der Waals surface area contributed by atoms with Crippen LogP contribution < -0.4 is 5.32 Å². The molecule has 7 heteroatoms. The molecule has 4 nitrogen and oxygen atoms in total. The summed E-state index contributed by atoms with van der Waals surface area (Å²) in [6.07, 6.45) is -1.34. The number of carbonyl (C=O) groups is 1. The summed E-state index contributed by atoms with van der Waals surface area (Å²) in [4.78, 5) is 12.4. The molecule has 1 amide bonds. The standard InChI is InChI=1S/C22H16F3N3O/c1-15-5-2-8-19(11-15)28-10-4-9-20(28)12-16(14-26)21(29)27-18-7-3-6-17(13-18)22(23,24)25/h2-13H,1H3,(H,27,29)/b16-12-. The number of benzene rings is 2. The quantitative estimate of drug-likeness (QED) is 0.478. The second-order valence-electron chi connectivity index (χ2n) is 6.34. The van der Waals surface area contributed by atoms with E-state index in [1.54, 1.807) is 18.3 Å². The van der Waals surface area contributed by atoms with Gasteiger partial charge in [0.05, 0.1) is 5.56 Å². The summed E-state index contributed by atoms with van der Waals surface area (Å²) in [5, 5.41) is 11.7. The zero-order valence-electron chi connectivity index (χ0n) is 15.4. The second kappa shape index (κ2) is 8.07. The van der Waals surface area contributed by atoms with E-state index in [1.807, 2.05) is 41.8 Å². The normalized spacial score (nSPS) is 11.8. The minimum atomic E-state index is -4.52. The fraction of sp³-hybridized carbons (Fsp3) is 0.0909. The summed E-state index contributed by atoms with van der Waals surface area (Å²) in [6, 6.07) is 17.2. The van der Waals surface area contributed by atoms with E-state index in [4.69, 9.17) is 0 Å². The van der Waals surface area contributed by atoms with E-state index in [0.29, 0.717) is 5.69 Å². The van der Waals surface area contributed by atoms with Gasteiger partial charge < -0.3 is 9.88 Å². The van der Waals surface area contributed by atoms with Crippen LogP contribution >= 0.6 is 0 Å². The third-order valence-electron chi connectivity index (χ3n) is 4.17. The highest BCUT2D eigenvalue weighted by Gasteiger charge is 2.30. The van der Waals surface area contributed by atoms with Crippen LogP contribution in [0.5, 0.6) is 0 Å². The Hall–Kier alpha value is -3.79. The Kier molecular flexibility index (Phi) is 5.55. The van der Waals surface area contributed by atoms with Gasteiger partial charge in [-0.2, -0.15) is 18.4 Å². The van der Waals surface area contributed by atoms with Crippen LogP contribution in [0.1, 0.15) is 16.8 Å². The van der Waals surface area contributed by atoms with Crippen LogP contribution in [0.3, 0.4) is 0 Å². The van der Waals surface area contributed by atoms with Crippen molar-refractivity contribution in [2.45, 2.75) is 13.1 Å². The first kappa shape index (κ1) is 20.0. The second-order valence-corrected chi connectivity index (χ2v) is 6.34. The number of anilines is 1. The summed E-state index contributed by atoms with van der Waals surface area (Å²) in [6.45, 7) is 1.95. The molecule has 0 saturated heterocycles. The van der Waals surface area contributed by atoms with Gasteiger partial charge in [-0.25, -0.2) is 0 Å². The van der Waals surface area contributed by atoms with Gasteiger partial charge in [0.2, 0.25) is 0 Å². The molecular formula is C22H16F3N3O. The molecule has 0 aliphatic rings. The highest BCUT2D eigenvalue weighted by Crippen LogP contribution is 2.30. The minimum Gasteiger partial charge on any atom is -0.321 e. The van der Waals surface area contributed by atoms with Crippen molar-refractivity contribution in [2.24, 2.45) is 0 Å². The lowest BCUT2D eigenvalue weighted by Gasteiger charge is -2.10. The number of amides is 1. The maximum atomic E-state index is 12.8. The fourth-order valence-electron chi connectivity index (χ4n) is 2.79. The first-order chi connectivity index (χ1) is 13.8. The van der Waals surface area contributed by atoms with Crippen molar-refractivity contribution in [2.75, 3.05) is 5.32 Å². The number of nitrogens with one attached hydrogen (secondary N) is 1. The largest absolute Gasteiger partial charge is 0.416 e. The Balaban J connectivity index is 1.88. The van der Waals surface area contributed by atoms with Crippen molar-refractivity contribution >= 4 is 17.7 Å². The first-order valence-electron chi connectivity index (χ1n) is 8.63. The zero-order chi connectivity index (χ0) is 21.0. The number of hydrogen-bond acceptors (Lipinski definition) is 2. The van der Waals surface area contributed by atoms with Gasteiger partial charge in [0.15, 0.2) is 0 Å². The van der Waals surface area contributed by atoms with Crippen LogP contribution in [0.4, 0.5) is 18.9 Å². The third-order valence-corrected chi connectivity index (χ3v) is 4.17. The predicted molar refractivity (Wildman–Crippen MR) is 104 cm³/mol. The molecule has 146 valence electrons. The van der Waals surface area contributed by atoms with Crippen LogP contribution in [-0.4, -0.2) is 10.5 Å². The van der Waals surface area contributed by atoms with Gasteiger partial charge in [-0.15, -0.1) is 0 Å². The molecule has 0 fully saturated rings. The molecule has 29 heavy (non-hydrogen) atoms. The van der Waals surface area contributed by atoms with Crippen LogP contribution in [0.15, 0.2) is 72.4 Å². The van der Waals surface area contributed by atoms with E-state index in [2.05, 4.69) is 5.32 Å². The summed E-state index contributed by atoms with van der Waals surface area (Å²) >= 11 is 0. The SMILES string of the molecule is Cc1cccc(-n2cccc2/C=C(/C#N)C(=O)Nc2cccc(C(F)(F)F)c2)c1. The molecule has 1 aromatic heterocycles. The van der Waals surface area contributed by atoms with E-state index in [9.17, 15) is 23.2 Å². The van der Waals surface area contributed by atoms with Gasteiger partial charge in [0, 0.05) is 23.3 Å². The molecule has 2 aromatic carbocycles. The molecule has 3 aromatic rings. The summed E-state index contributed by atoms with van der Waals surface area (Å²) in [5.74, 6) is -0.788. The van der Waals surface area contributed by atoms with E-state index >= 15 is 0 Å². The molecule has 0 atom stereocenters. The van der Waals surface area contributed by atoms with Crippen LogP contribution in [0.25, 0.3) is 11.8 Å². The van der Waals surface area contributed by atoms with Gasteiger partial charge in [-0.3, -0.25) is 4.79 Å². The maximum absolute atomic E-state index is 12.8. The van der Waals surface area contributed by atoms with Gasteiger partial charge >= 0.3 is 6.18 Å². The van der Waals surface area contributed by atoms with Crippen LogP contribution in [0.2, 0.25) is 0 Å². The molecule has 0 unspecified atom stereocenters. The first-order valence-corrected chi connectivity index (χ1v) is 8.63. The van der Waals surface area contributed by atoms with Gasteiger partial charge in [-0.05, 0) is 61.0 Å². The van der Waals surface area contributed by atoms with Crippen molar-refractivity contribution in [1.82, 2.24) is 4.57 Å². The average molecular weight is 395 g/mol. The van der Waals surface area contributed by atoms with E-state index in [0.717, 1.165) is 23.4 Å². The number of nitrogens with zero attached hydrogens (tertiary/aromatic N) is 2. The van der Waals surface area contributed by atoms with Crippen molar-refractivity contribution in [3.63, 3.8) is 0 Å². The Morgan fingerprint density at radius 2 is 1.86 bits per heavy atom. The molecule has 3 rings (SSSR count). The highest BCUT2D eigenvalue weighted by molar-refractivity contribution is 6.09. The number of halogens is 3. The fourth-order valence-corrected chi connectivity index (χ4v) is 2.79. The topological polar surface area (TPSA) is 57.8 Å². The predicted octanol–water partition coefficient (Wildman–Crippen LogP) is 5.35. The van der Waals surface area contributed by atoms with E-state index in [-0.39, 0.29) is 11.3 Å². The van der Waals surface area contributed by atoms with Crippen molar-refractivity contribution in [1.29, 1.82) is 5.26 Å². The minimum absolute atomic E-state index is 0.0416. The van der Waals surface area contributed by atoms with Crippen molar-refractivity contribution < 1.29 is 18.0 Å². The molecule has 0 saturated carbocycles. The number of aryl methyl sites for hydroxylation is 1. The Bertz CT molecular complexity index is 1120. The zero-order valence-corrected chi connectivity index (χ0v) is 15.4. The smallest absolute Gasteiger partial charge is 0.321 e. The Morgan fingerprint density at radius 1 is 1.10 bits per heavy atom. The number of alkyl halides is 3. The number of aromatic nitrogens is 1. The van der Waals surface area contributed by atoms with Gasteiger partial charge in [0.1, 0.15) is 11.6 Å². The summed E-state index contributed by atoms with van der Waals surface area (Å²) < 4.78 is 40.3. The third kappa shape index (κ3) is 4.74. The van der Waals surface area contributed by atoms with Crippen LogP contribution in [0, 0.1) is 18.3 Å². The Morgan fingerprint density at radius 3 is 2.55 bits per heavy atom. The average Bonchev–Trinajstić information content (AvgIpc) is 3.14. The lowest BCUT2D eigenvalue weighted by atomic mass is 10.1. The molecular weight excluding hydrogens is 379 g/mol. The lowest BCUT2D eigenvalue weighted by Crippen LogP contribution is -2.14. The summed E-state index contributed by atoms with van der Waals surface area (Å²) in [5.41, 5.74) is 1.35. The van der Waals surface area contributed by atoms with E-state index < -0.39 is 17.6 Å². The number of carbonyl (C=O) groups excluding carboxylic acids is 1. The molecule has 0 bridgehead atoms. The monoisotopic (exact) mass is 395 g/mol. The van der Waals surface area contributed by atoms with Crippen molar-refractivity contribution in [3.05, 3.63) is 89.3 Å². The molecule has 0 aliphatic heterocycles. The molecule has 1 N–H and O–H groups in total. The molecule has 0 radical (unpaired) electrons. The number of nitriles is 1. The Labute approximate surface area is 165 Å². The summed E-state index contributed by atoms with van der Waals surface area (Å²) in [7, 11) is 0. The maximum Gasteiger partial charge on any atom is 0.416 e. The van der Waals surface area contributed by atoms with Crippen LogP contribution in [-0.2, 0) is 11.0 Å². The molecule has 1 heterocycles. The van der Waals surface area contributed by atoms with E-state index in [1.165, 1.54) is 18.2 Å². The van der Waals surface area contributed by atoms with Gasteiger partial charge in [-0.1, -0.05) is 18.2 Å². The highest BCUT2D eigenvalue weighted by atomic mass is 19.4. The molecule has 0 aliphatic carbocycles. The number of hydrogen-bond donors (Lipinski definition) is 1. The number of rotatable bonds is 4. The van der Waals surface area contributed by atoms with Crippen molar-refractivity contribution in [3.8, 4) is 11.8 Å². The van der Waals surface area contributed by atoms with Gasteiger partial charge in [0.25, 0.3) is 5.91 Å². The lowest BCUT2D eigenvalue weighted by molar-refractivity contribution is -0.137.